The standard InChI is InChI=1S/C11H20N2O2.ClH/c14-11(10-5-1-2-7-15-10)13-8-9-4-3-6-12-9;/h9-10,12H,1-8H2,(H,13,14);1H. The Bertz CT molecular complexity index is 214. The molecule has 0 aromatic rings. The molecular formula is C11H21ClN2O2. The van der Waals surface area contributed by atoms with E-state index in [1.54, 1.807) is 0 Å². The Balaban J connectivity index is 0.00000128. The highest BCUT2D eigenvalue weighted by molar-refractivity contribution is 5.85. The van der Waals surface area contributed by atoms with E-state index in [1.807, 2.05) is 0 Å². The Hall–Kier alpha value is -0.320. The minimum atomic E-state index is -0.194. The zero-order valence-electron chi connectivity index (χ0n) is 9.54. The SMILES string of the molecule is Cl.O=C(NCC1CCCN1)C1CCCCO1. The van der Waals surface area contributed by atoms with Crippen LogP contribution in [-0.2, 0) is 9.53 Å². The van der Waals surface area contributed by atoms with Gasteiger partial charge < -0.3 is 15.4 Å². The van der Waals surface area contributed by atoms with Gasteiger partial charge in [-0.2, -0.15) is 0 Å². The molecule has 2 saturated heterocycles. The third kappa shape index (κ3) is 3.92. The van der Waals surface area contributed by atoms with Gasteiger partial charge in [-0.1, -0.05) is 0 Å². The molecule has 2 N–H and O–H groups in total. The maximum absolute atomic E-state index is 11.7. The Morgan fingerprint density at radius 1 is 1.31 bits per heavy atom. The smallest absolute Gasteiger partial charge is 0.249 e. The molecule has 4 nitrogen and oxygen atoms in total. The Labute approximate surface area is 103 Å². The zero-order valence-corrected chi connectivity index (χ0v) is 10.4. The summed E-state index contributed by atoms with van der Waals surface area (Å²) in [6, 6.07) is 0.470. The second-order valence-corrected chi connectivity index (χ2v) is 4.39. The average molecular weight is 249 g/mol. The molecule has 0 radical (unpaired) electrons. The molecule has 16 heavy (non-hydrogen) atoms. The van der Waals surface area contributed by atoms with Crippen molar-refractivity contribution in [2.45, 2.75) is 44.2 Å². The molecule has 0 aliphatic carbocycles. The lowest BCUT2D eigenvalue weighted by Gasteiger charge is -2.22. The molecule has 0 spiro atoms. The van der Waals surface area contributed by atoms with E-state index in [4.69, 9.17) is 4.74 Å². The fourth-order valence-electron chi connectivity index (χ4n) is 2.22. The number of hydrogen-bond acceptors (Lipinski definition) is 3. The molecule has 94 valence electrons. The van der Waals surface area contributed by atoms with Gasteiger partial charge in [-0.05, 0) is 38.6 Å². The van der Waals surface area contributed by atoms with Gasteiger partial charge in [0.2, 0.25) is 5.91 Å². The summed E-state index contributed by atoms with van der Waals surface area (Å²) in [5.41, 5.74) is 0. The summed E-state index contributed by atoms with van der Waals surface area (Å²) in [6.07, 6.45) is 5.28. The molecule has 2 aliphatic rings. The molecule has 2 heterocycles. The minimum absolute atomic E-state index is 0. The van der Waals surface area contributed by atoms with Gasteiger partial charge in [0.15, 0.2) is 0 Å². The number of rotatable bonds is 3. The first-order chi connectivity index (χ1) is 7.36. The first kappa shape index (κ1) is 13.7. The summed E-state index contributed by atoms with van der Waals surface area (Å²) in [6.45, 7) is 2.57. The van der Waals surface area contributed by atoms with Crippen molar-refractivity contribution < 1.29 is 9.53 Å². The molecule has 0 saturated carbocycles. The van der Waals surface area contributed by atoms with Crippen LogP contribution in [0.2, 0.25) is 0 Å². The summed E-state index contributed by atoms with van der Waals surface area (Å²) < 4.78 is 5.42. The second kappa shape index (κ2) is 7.09. The van der Waals surface area contributed by atoms with Crippen LogP contribution in [0, 0.1) is 0 Å². The fourth-order valence-corrected chi connectivity index (χ4v) is 2.22. The minimum Gasteiger partial charge on any atom is -0.368 e. The van der Waals surface area contributed by atoms with Crippen LogP contribution in [0.3, 0.4) is 0 Å². The van der Waals surface area contributed by atoms with Crippen LogP contribution < -0.4 is 10.6 Å². The van der Waals surface area contributed by atoms with Crippen LogP contribution in [0.1, 0.15) is 32.1 Å². The summed E-state index contributed by atoms with van der Waals surface area (Å²) in [5.74, 6) is 0.0726. The van der Waals surface area contributed by atoms with Crippen LogP contribution in [0.15, 0.2) is 0 Å². The Morgan fingerprint density at radius 2 is 2.19 bits per heavy atom. The Kier molecular flexibility index (Phi) is 6.09. The van der Waals surface area contributed by atoms with E-state index in [0.717, 1.165) is 39.0 Å². The van der Waals surface area contributed by atoms with Crippen molar-refractivity contribution in [2.75, 3.05) is 19.7 Å². The summed E-state index contributed by atoms with van der Waals surface area (Å²) >= 11 is 0. The lowest BCUT2D eigenvalue weighted by molar-refractivity contribution is -0.135. The predicted octanol–water partition coefficient (Wildman–Crippen LogP) is 0.845. The van der Waals surface area contributed by atoms with E-state index in [2.05, 4.69) is 10.6 Å². The number of carbonyl (C=O) groups is 1. The van der Waals surface area contributed by atoms with Crippen LogP contribution in [0.25, 0.3) is 0 Å². The van der Waals surface area contributed by atoms with Gasteiger partial charge in [0.05, 0.1) is 0 Å². The molecule has 2 rings (SSSR count). The van der Waals surface area contributed by atoms with Crippen LogP contribution >= 0.6 is 12.4 Å². The number of hydrogen-bond donors (Lipinski definition) is 2. The van der Waals surface area contributed by atoms with Crippen LogP contribution in [0.5, 0.6) is 0 Å². The lowest BCUT2D eigenvalue weighted by Crippen LogP contribution is -2.43. The number of nitrogens with one attached hydrogen (secondary N) is 2. The number of carbonyl (C=O) groups excluding carboxylic acids is 1. The summed E-state index contributed by atoms with van der Waals surface area (Å²) in [7, 11) is 0. The molecule has 0 aromatic carbocycles. The van der Waals surface area contributed by atoms with E-state index in [9.17, 15) is 4.79 Å². The van der Waals surface area contributed by atoms with Gasteiger partial charge >= 0.3 is 0 Å². The van der Waals surface area contributed by atoms with E-state index in [1.165, 1.54) is 12.8 Å². The van der Waals surface area contributed by atoms with Crippen molar-refractivity contribution in [1.29, 1.82) is 0 Å². The first-order valence-corrected chi connectivity index (χ1v) is 5.99. The zero-order chi connectivity index (χ0) is 10.5. The third-order valence-electron chi connectivity index (χ3n) is 3.16. The van der Waals surface area contributed by atoms with E-state index < -0.39 is 0 Å². The van der Waals surface area contributed by atoms with E-state index in [-0.39, 0.29) is 24.4 Å². The van der Waals surface area contributed by atoms with E-state index >= 15 is 0 Å². The highest BCUT2D eigenvalue weighted by Gasteiger charge is 2.23. The first-order valence-electron chi connectivity index (χ1n) is 5.99. The third-order valence-corrected chi connectivity index (χ3v) is 3.16. The molecule has 2 atom stereocenters. The highest BCUT2D eigenvalue weighted by atomic mass is 35.5. The highest BCUT2D eigenvalue weighted by Crippen LogP contribution is 2.12. The molecule has 5 heteroatoms. The van der Waals surface area contributed by atoms with Crippen molar-refractivity contribution in [3.05, 3.63) is 0 Å². The molecular weight excluding hydrogens is 228 g/mol. The maximum Gasteiger partial charge on any atom is 0.249 e. The van der Waals surface area contributed by atoms with Crippen LogP contribution in [0.4, 0.5) is 0 Å². The van der Waals surface area contributed by atoms with Crippen molar-refractivity contribution in [1.82, 2.24) is 10.6 Å². The van der Waals surface area contributed by atoms with Gasteiger partial charge in [0, 0.05) is 19.2 Å². The van der Waals surface area contributed by atoms with Crippen molar-refractivity contribution in [2.24, 2.45) is 0 Å². The second-order valence-electron chi connectivity index (χ2n) is 4.39. The van der Waals surface area contributed by atoms with Crippen molar-refractivity contribution >= 4 is 18.3 Å². The normalized spacial score (nSPS) is 29.5. The molecule has 2 fully saturated rings. The number of ether oxygens (including phenoxy) is 1. The Morgan fingerprint density at radius 3 is 2.81 bits per heavy atom. The van der Waals surface area contributed by atoms with Crippen molar-refractivity contribution in [3.63, 3.8) is 0 Å². The average Bonchev–Trinajstić information content (AvgIpc) is 2.80. The largest absolute Gasteiger partial charge is 0.368 e. The molecule has 2 aliphatic heterocycles. The summed E-state index contributed by atoms with van der Waals surface area (Å²) in [5, 5.41) is 6.33. The van der Waals surface area contributed by atoms with Gasteiger partial charge in [0.25, 0.3) is 0 Å². The fraction of sp³-hybridized carbons (Fsp3) is 0.909. The van der Waals surface area contributed by atoms with Crippen LogP contribution in [-0.4, -0.2) is 37.7 Å². The topological polar surface area (TPSA) is 50.4 Å². The monoisotopic (exact) mass is 248 g/mol. The summed E-state index contributed by atoms with van der Waals surface area (Å²) in [4.78, 5) is 11.7. The number of halogens is 1. The molecule has 1 amide bonds. The molecule has 0 bridgehead atoms. The molecule has 2 unspecified atom stereocenters. The van der Waals surface area contributed by atoms with Gasteiger partial charge in [-0.3, -0.25) is 4.79 Å². The molecule has 0 aromatic heterocycles. The van der Waals surface area contributed by atoms with E-state index in [0.29, 0.717) is 6.04 Å². The number of amides is 1. The predicted molar refractivity (Wildman–Crippen MR) is 64.9 cm³/mol. The quantitative estimate of drug-likeness (QED) is 0.779. The van der Waals surface area contributed by atoms with Crippen molar-refractivity contribution in [3.8, 4) is 0 Å². The van der Waals surface area contributed by atoms with Gasteiger partial charge in [-0.25, -0.2) is 0 Å². The lowest BCUT2D eigenvalue weighted by atomic mass is 10.1. The van der Waals surface area contributed by atoms with Gasteiger partial charge in [-0.15, -0.1) is 12.4 Å². The van der Waals surface area contributed by atoms with Gasteiger partial charge in [0.1, 0.15) is 6.10 Å². The maximum atomic E-state index is 11.7.